The minimum atomic E-state index is -3.00. The fourth-order valence-corrected chi connectivity index (χ4v) is 3.87. The molecule has 1 unspecified atom stereocenters. The van der Waals surface area contributed by atoms with Gasteiger partial charge in [0.25, 0.3) is 5.56 Å². The van der Waals surface area contributed by atoms with Crippen molar-refractivity contribution in [2.75, 3.05) is 11.5 Å². The number of nitriles is 1. The van der Waals surface area contributed by atoms with Gasteiger partial charge in [0.15, 0.2) is 9.84 Å². The predicted molar refractivity (Wildman–Crippen MR) is 62.8 cm³/mol. The molecule has 1 atom stereocenters. The number of sulfone groups is 1. The molecule has 96 valence electrons. The molecule has 0 aliphatic carbocycles. The topological polar surface area (TPSA) is 113 Å². The molecular formula is C10H11N3O4S. The van der Waals surface area contributed by atoms with Crippen LogP contribution in [0.5, 0.6) is 0 Å². The zero-order valence-corrected chi connectivity index (χ0v) is 10.2. The zero-order chi connectivity index (χ0) is 13.3. The van der Waals surface area contributed by atoms with Crippen LogP contribution < -0.4 is 11.2 Å². The molecule has 18 heavy (non-hydrogen) atoms. The van der Waals surface area contributed by atoms with Gasteiger partial charge in [-0.3, -0.25) is 14.3 Å². The molecule has 1 aliphatic rings. The van der Waals surface area contributed by atoms with Gasteiger partial charge in [-0.2, -0.15) is 5.26 Å². The minimum absolute atomic E-state index is 0.0421. The van der Waals surface area contributed by atoms with Crippen LogP contribution in [0.3, 0.4) is 0 Å². The summed E-state index contributed by atoms with van der Waals surface area (Å²) in [5, 5.41) is 8.70. The Hall–Kier alpha value is -1.88. The zero-order valence-electron chi connectivity index (χ0n) is 9.42. The van der Waals surface area contributed by atoms with Crippen LogP contribution in [0.15, 0.2) is 15.8 Å². The summed E-state index contributed by atoms with van der Waals surface area (Å²) >= 11 is 0. The smallest absolute Gasteiger partial charge is 0.299 e. The molecule has 0 radical (unpaired) electrons. The van der Waals surface area contributed by atoms with E-state index in [1.165, 1.54) is 10.8 Å². The van der Waals surface area contributed by atoms with Crippen molar-refractivity contribution in [3.05, 3.63) is 32.6 Å². The molecule has 0 saturated carbocycles. The third-order valence-corrected chi connectivity index (χ3v) is 4.75. The summed E-state index contributed by atoms with van der Waals surface area (Å²) in [4.78, 5) is 24.7. The van der Waals surface area contributed by atoms with Crippen LogP contribution in [-0.2, 0) is 16.4 Å². The fraction of sp³-hybridized carbons (Fsp3) is 0.500. The second-order valence-electron chi connectivity index (χ2n) is 4.34. The highest BCUT2D eigenvalue weighted by molar-refractivity contribution is 7.91. The lowest BCUT2D eigenvalue weighted by atomic mass is 10.1. The van der Waals surface area contributed by atoms with Gasteiger partial charge in [0, 0.05) is 12.7 Å². The highest BCUT2D eigenvalue weighted by atomic mass is 32.2. The molecule has 0 aromatic carbocycles. The van der Waals surface area contributed by atoms with Crippen molar-refractivity contribution in [2.24, 2.45) is 5.92 Å². The van der Waals surface area contributed by atoms with E-state index >= 15 is 0 Å². The van der Waals surface area contributed by atoms with Gasteiger partial charge in [-0.05, 0) is 12.3 Å². The molecule has 1 aliphatic heterocycles. The first-order chi connectivity index (χ1) is 8.41. The van der Waals surface area contributed by atoms with E-state index in [0.29, 0.717) is 6.42 Å². The molecule has 2 heterocycles. The Labute approximate surface area is 103 Å². The van der Waals surface area contributed by atoms with E-state index in [1.54, 1.807) is 6.07 Å². The highest BCUT2D eigenvalue weighted by Gasteiger charge is 2.28. The molecule has 1 fully saturated rings. The molecule has 0 amide bonds. The summed E-state index contributed by atoms with van der Waals surface area (Å²) in [5.74, 6) is 0.0200. The molecule has 8 heteroatoms. The van der Waals surface area contributed by atoms with Crippen molar-refractivity contribution in [2.45, 2.75) is 13.0 Å². The Morgan fingerprint density at radius 2 is 2.22 bits per heavy atom. The molecule has 2 rings (SSSR count). The summed E-state index contributed by atoms with van der Waals surface area (Å²) in [7, 11) is -3.00. The summed E-state index contributed by atoms with van der Waals surface area (Å²) < 4.78 is 23.8. The lowest BCUT2D eigenvalue weighted by Crippen LogP contribution is -2.33. The first-order valence-electron chi connectivity index (χ1n) is 5.35. The second kappa shape index (κ2) is 4.42. The Morgan fingerprint density at radius 3 is 2.78 bits per heavy atom. The van der Waals surface area contributed by atoms with Crippen molar-refractivity contribution in [1.29, 1.82) is 5.26 Å². The largest absolute Gasteiger partial charge is 0.328 e. The van der Waals surface area contributed by atoms with Crippen LogP contribution in [0.4, 0.5) is 0 Å². The van der Waals surface area contributed by atoms with E-state index in [0.717, 1.165) is 0 Å². The number of rotatable bonds is 2. The average Bonchev–Trinajstić information content (AvgIpc) is 2.62. The van der Waals surface area contributed by atoms with Crippen LogP contribution in [-0.4, -0.2) is 29.5 Å². The number of nitrogens with one attached hydrogen (secondary N) is 1. The van der Waals surface area contributed by atoms with Crippen molar-refractivity contribution in [3.63, 3.8) is 0 Å². The fourth-order valence-electron chi connectivity index (χ4n) is 2.02. The first kappa shape index (κ1) is 12.6. The minimum Gasteiger partial charge on any atom is -0.299 e. The summed E-state index contributed by atoms with van der Waals surface area (Å²) in [6.07, 6.45) is 1.67. The number of H-pyrrole nitrogens is 1. The van der Waals surface area contributed by atoms with Gasteiger partial charge >= 0.3 is 5.69 Å². The lowest BCUT2D eigenvalue weighted by Gasteiger charge is -2.09. The Balaban J connectivity index is 2.29. The average molecular weight is 269 g/mol. The van der Waals surface area contributed by atoms with E-state index in [4.69, 9.17) is 5.26 Å². The third-order valence-electron chi connectivity index (χ3n) is 2.91. The molecule has 1 saturated heterocycles. The molecule has 1 aromatic heterocycles. The number of nitrogens with zero attached hydrogens (tertiary/aromatic N) is 2. The van der Waals surface area contributed by atoms with Gasteiger partial charge < -0.3 is 0 Å². The standard InChI is InChI=1S/C10H11N3O4S/c11-3-8-5-13(10(15)12-9(8)14)4-7-1-2-18(16,17)6-7/h5,7H,1-2,4,6H2,(H,12,14,15). The van der Waals surface area contributed by atoms with E-state index in [-0.39, 0.29) is 29.5 Å². The highest BCUT2D eigenvalue weighted by Crippen LogP contribution is 2.19. The summed E-state index contributed by atoms with van der Waals surface area (Å²) in [5.41, 5.74) is -1.50. The molecule has 0 bridgehead atoms. The van der Waals surface area contributed by atoms with Crippen molar-refractivity contribution in [3.8, 4) is 6.07 Å². The Bertz CT molecular complexity index is 723. The van der Waals surface area contributed by atoms with Crippen LogP contribution in [0.1, 0.15) is 12.0 Å². The van der Waals surface area contributed by atoms with Crippen molar-refractivity contribution in [1.82, 2.24) is 9.55 Å². The van der Waals surface area contributed by atoms with Gasteiger partial charge in [-0.15, -0.1) is 0 Å². The maximum atomic E-state index is 11.5. The quantitative estimate of drug-likeness (QED) is 0.727. The summed E-state index contributed by atoms with van der Waals surface area (Å²) in [6, 6.07) is 1.68. The number of aromatic nitrogens is 2. The SMILES string of the molecule is N#Cc1cn(CC2CCS(=O)(=O)C2)c(=O)[nH]c1=O. The van der Waals surface area contributed by atoms with Gasteiger partial charge in [-0.25, -0.2) is 13.2 Å². The monoisotopic (exact) mass is 269 g/mol. The number of hydrogen-bond donors (Lipinski definition) is 1. The van der Waals surface area contributed by atoms with Gasteiger partial charge in [0.05, 0.1) is 11.5 Å². The molecule has 0 spiro atoms. The maximum Gasteiger partial charge on any atom is 0.328 e. The Morgan fingerprint density at radius 1 is 1.50 bits per heavy atom. The van der Waals surface area contributed by atoms with E-state index in [1.807, 2.05) is 4.98 Å². The van der Waals surface area contributed by atoms with E-state index in [2.05, 4.69) is 0 Å². The van der Waals surface area contributed by atoms with Crippen LogP contribution in [0.2, 0.25) is 0 Å². The third kappa shape index (κ3) is 2.51. The second-order valence-corrected chi connectivity index (χ2v) is 6.56. The van der Waals surface area contributed by atoms with Crippen LogP contribution in [0, 0.1) is 17.2 Å². The summed E-state index contributed by atoms with van der Waals surface area (Å²) in [6.45, 7) is 0.198. The molecule has 1 N–H and O–H groups in total. The molecule has 7 nitrogen and oxygen atoms in total. The predicted octanol–water partition coefficient (Wildman–Crippen LogP) is -1.16. The van der Waals surface area contributed by atoms with E-state index < -0.39 is 21.1 Å². The number of hydrogen-bond acceptors (Lipinski definition) is 5. The molecule has 1 aromatic rings. The molecular weight excluding hydrogens is 258 g/mol. The van der Waals surface area contributed by atoms with Gasteiger partial charge in [0.2, 0.25) is 0 Å². The van der Waals surface area contributed by atoms with Gasteiger partial charge in [-0.1, -0.05) is 0 Å². The van der Waals surface area contributed by atoms with Crippen LogP contribution in [0.25, 0.3) is 0 Å². The van der Waals surface area contributed by atoms with Crippen molar-refractivity contribution >= 4 is 9.84 Å². The Kier molecular flexibility index (Phi) is 3.09. The first-order valence-corrected chi connectivity index (χ1v) is 7.18. The maximum absolute atomic E-state index is 11.5. The number of aromatic amines is 1. The van der Waals surface area contributed by atoms with Crippen molar-refractivity contribution < 1.29 is 8.42 Å². The van der Waals surface area contributed by atoms with Gasteiger partial charge in [0.1, 0.15) is 11.6 Å². The van der Waals surface area contributed by atoms with Crippen LogP contribution >= 0.6 is 0 Å². The lowest BCUT2D eigenvalue weighted by molar-refractivity contribution is 0.473. The van der Waals surface area contributed by atoms with E-state index in [9.17, 15) is 18.0 Å². The normalized spacial score (nSPS) is 21.6.